The number of sulfone groups is 1. The smallest absolute Gasteiger partial charge is 0.151 e. The lowest BCUT2D eigenvalue weighted by atomic mass is 9.92. The summed E-state index contributed by atoms with van der Waals surface area (Å²) in [4.78, 5) is 2.18. The molecule has 118 valence electrons. The van der Waals surface area contributed by atoms with Gasteiger partial charge in [-0.05, 0) is 37.9 Å². The number of nitrogens with two attached hydrogens (primary N) is 1. The van der Waals surface area contributed by atoms with E-state index in [1.165, 1.54) is 11.1 Å². The first-order valence-electron chi connectivity index (χ1n) is 7.59. The number of likely N-dealkylation sites (N-methyl/N-ethyl adjacent to an activating group) is 1. The summed E-state index contributed by atoms with van der Waals surface area (Å²) in [5.41, 5.74) is 8.78. The number of aryl methyl sites for hydroxylation is 1. The van der Waals surface area contributed by atoms with Crippen LogP contribution in [0.15, 0.2) is 24.3 Å². The first-order valence-corrected chi connectivity index (χ1v) is 9.41. The molecule has 0 spiro atoms. The van der Waals surface area contributed by atoms with Crippen LogP contribution in [0.4, 0.5) is 0 Å². The van der Waals surface area contributed by atoms with E-state index in [0.29, 0.717) is 12.2 Å². The molecular formula is C16H26N2O2S. The van der Waals surface area contributed by atoms with Gasteiger partial charge in [-0.25, -0.2) is 8.42 Å². The molecule has 3 atom stereocenters. The fourth-order valence-corrected chi connectivity index (χ4v) is 5.00. The summed E-state index contributed by atoms with van der Waals surface area (Å²) in [5, 5.41) is 0. The molecule has 1 saturated heterocycles. The third-order valence-corrected chi connectivity index (χ3v) is 6.36. The van der Waals surface area contributed by atoms with Gasteiger partial charge in [0.25, 0.3) is 0 Å². The van der Waals surface area contributed by atoms with Gasteiger partial charge < -0.3 is 5.73 Å². The van der Waals surface area contributed by atoms with E-state index in [1.54, 1.807) is 0 Å². The molecule has 0 aromatic heterocycles. The van der Waals surface area contributed by atoms with Crippen molar-refractivity contribution in [2.24, 2.45) is 5.73 Å². The maximum atomic E-state index is 11.8. The van der Waals surface area contributed by atoms with Gasteiger partial charge in [-0.3, -0.25) is 4.90 Å². The summed E-state index contributed by atoms with van der Waals surface area (Å²) in [6.07, 6.45) is 1.57. The lowest BCUT2D eigenvalue weighted by Gasteiger charge is -2.37. The van der Waals surface area contributed by atoms with E-state index in [0.717, 1.165) is 6.42 Å². The van der Waals surface area contributed by atoms with Crippen molar-refractivity contribution >= 4 is 9.84 Å². The normalized spacial score (nSPS) is 24.1. The quantitative estimate of drug-likeness (QED) is 0.902. The molecule has 0 aliphatic carbocycles. The highest BCUT2D eigenvalue weighted by Crippen LogP contribution is 2.31. The van der Waals surface area contributed by atoms with Gasteiger partial charge in [0.2, 0.25) is 0 Å². The molecule has 21 heavy (non-hydrogen) atoms. The van der Waals surface area contributed by atoms with Gasteiger partial charge >= 0.3 is 0 Å². The van der Waals surface area contributed by atoms with Gasteiger partial charge in [-0.15, -0.1) is 0 Å². The predicted molar refractivity (Wildman–Crippen MR) is 87.0 cm³/mol. The monoisotopic (exact) mass is 310 g/mol. The first-order chi connectivity index (χ1) is 9.85. The zero-order valence-electron chi connectivity index (χ0n) is 13.1. The lowest BCUT2D eigenvalue weighted by molar-refractivity contribution is 0.161. The van der Waals surface area contributed by atoms with Crippen molar-refractivity contribution < 1.29 is 8.42 Å². The van der Waals surface area contributed by atoms with Crippen LogP contribution in [0, 0.1) is 6.92 Å². The van der Waals surface area contributed by atoms with E-state index >= 15 is 0 Å². The number of nitrogens with zero attached hydrogens (tertiary/aromatic N) is 1. The Bertz CT molecular complexity index is 586. The second kappa shape index (κ2) is 6.46. The lowest BCUT2D eigenvalue weighted by Crippen LogP contribution is -2.44. The van der Waals surface area contributed by atoms with E-state index in [9.17, 15) is 8.42 Å². The summed E-state index contributed by atoms with van der Waals surface area (Å²) >= 11 is 0. The summed E-state index contributed by atoms with van der Waals surface area (Å²) in [6.45, 7) is 4.17. The van der Waals surface area contributed by atoms with Crippen molar-refractivity contribution in [1.29, 1.82) is 0 Å². The molecule has 1 aliphatic rings. The van der Waals surface area contributed by atoms with Crippen LogP contribution in [0.1, 0.15) is 36.9 Å². The van der Waals surface area contributed by atoms with Crippen LogP contribution in [0.25, 0.3) is 0 Å². The molecule has 1 aromatic rings. The Balaban J connectivity index is 2.31. The summed E-state index contributed by atoms with van der Waals surface area (Å²) in [6, 6.07) is 8.37. The molecule has 0 saturated carbocycles. The molecule has 1 aromatic carbocycles. The van der Waals surface area contributed by atoms with Gasteiger partial charge in [0, 0.05) is 12.1 Å². The van der Waals surface area contributed by atoms with Gasteiger partial charge in [0.15, 0.2) is 9.84 Å². The van der Waals surface area contributed by atoms with E-state index < -0.39 is 9.84 Å². The molecule has 1 aliphatic heterocycles. The predicted octanol–water partition coefficient (Wildman–Crippen LogP) is 1.89. The summed E-state index contributed by atoms with van der Waals surface area (Å²) in [5.74, 6) is 0.548. The van der Waals surface area contributed by atoms with Crippen molar-refractivity contribution in [3.63, 3.8) is 0 Å². The molecular weight excluding hydrogens is 284 g/mol. The van der Waals surface area contributed by atoms with Gasteiger partial charge in [0.1, 0.15) is 0 Å². The molecule has 0 bridgehead atoms. The molecule has 3 unspecified atom stereocenters. The summed E-state index contributed by atoms with van der Waals surface area (Å²) in [7, 11) is -0.869. The largest absolute Gasteiger partial charge is 0.326 e. The minimum Gasteiger partial charge on any atom is -0.326 e. The zero-order valence-corrected chi connectivity index (χ0v) is 13.9. The van der Waals surface area contributed by atoms with Crippen LogP contribution in [0.2, 0.25) is 0 Å². The van der Waals surface area contributed by atoms with E-state index in [2.05, 4.69) is 30.9 Å². The maximum absolute atomic E-state index is 11.8. The molecule has 1 heterocycles. The maximum Gasteiger partial charge on any atom is 0.151 e. The van der Waals surface area contributed by atoms with E-state index in [4.69, 9.17) is 5.73 Å². The Hall–Kier alpha value is -0.910. The van der Waals surface area contributed by atoms with Crippen molar-refractivity contribution in [3.05, 3.63) is 35.4 Å². The van der Waals surface area contributed by atoms with Crippen LogP contribution >= 0.6 is 0 Å². The minimum absolute atomic E-state index is 0.000552. The molecule has 2 N–H and O–H groups in total. The Morgan fingerprint density at radius 3 is 2.57 bits per heavy atom. The standard InChI is InChI=1S/C16H26N2O2S/c1-4-15(17)16(14-8-6-5-7-12(14)2)18(3)13-9-10-21(19,20)11-13/h5-8,13,15-16H,4,9-11,17H2,1-3H3. The second-order valence-corrected chi connectivity index (χ2v) is 8.32. The molecule has 5 heteroatoms. The molecule has 0 amide bonds. The molecule has 4 nitrogen and oxygen atoms in total. The van der Waals surface area contributed by atoms with Crippen molar-refractivity contribution in [1.82, 2.24) is 4.90 Å². The van der Waals surface area contributed by atoms with Crippen molar-refractivity contribution in [2.45, 2.75) is 44.8 Å². The highest BCUT2D eigenvalue weighted by atomic mass is 32.2. The fraction of sp³-hybridized carbons (Fsp3) is 0.625. The Kier molecular flexibility index (Phi) is 5.07. The average molecular weight is 310 g/mol. The first kappa shape index (κ1) is 16.5. The average Bonchev–Trinajstić information content (AvgIpc) is 2.81. The third kappa shape index (κ3) is 3.65. The molecule has 1 fully saturated rings. The van der Waals surface area contributed by atoms with E-state index in [1.807, 2.05) is 19.2 Å². The minimum atomic E-state index is -2.88. The molecule has 0 radical (unpaired) electrons. The van der Waals surface area contributed by atoms with Crippen LogP contribution < -0.4 is 5.73 Å². The van der Waals surface area contributed by atoms with Crippen LogP contribution in [-0.2, 0) is 9.84 Å². The van der Waals surface area contributed by atoms with Crippen LogP contribution in [-0.4, -0.2) is 44.0 Å². The zero-order chi connectivity index (χ0) is 15.6. The van der Waals surface area contributed by atoms with E-state index in [-0.39, 0.29) is 23.9 Å². The Labute approximate surface area is 128 Å². The third-order valence-electron chi connectivity index (χ3n) is 4.61. The highest BCUT2D eigenvalue weighted by Gasteiger charge is 2.36. The number of hydrogen-bond acceptors (Lipinski definition) is 4. The Morgan fingerprint density at radius 2 is 2.05 bits per heavy atom. The summed E-state index contributed by atoms with van der Waals surface area (Å²) < 4.78 is 23.5. The fourth-order valence-electron chi connectivity index (χ4n) is 3.22. The second-order valence-electron chi connectivity index (χ2n) is 6.10. The van der Waals surface area contributed by atoms with Crippen LogP contribution in [0.3, 0.4) is 0 Å². The number of hydrogen-bond donors (Lipinski definition) is 1. The Morgan fingerprint density at radius 1 is 1.38 bits per heavy atom. The number of benzene rings is 1. The van der Waals surface area contributed by atoms with Gasteiger partial charge in [0.05, 0.1) is 17.5 Å². The highest BCUT2D eigenvalue weighted by molar-refractivity contribution is 7.91. The molecule has 2 rings (SSSR count). The van der Waals surface area contributed by atoms with Crippen LogP contribution in [0.5, 0.6) is 0 Å². The van der Waals surface area contributed by atoms with Gasteiger partial charge in [-0.1, -0.05) is 31.2 Å². The topological polar surface area (TPSA) is 63.4 Å². The van der Waals surface area contributed by atoms with Crippen molar-refractivity contribution in [3.8, 4) is 0 Å². The van der Waals surface area contributed by atoms with Crippen molar-refractivity contribution in [2.75, 3.05) is 18.6 Å². The SMILES string of the molecule is CCC(N)C(c1ccccc1C)N(C)C1CCS(=O)(=O)C1. The van der Waals surface area contributed by atoms with Gasteiger partial charge in [-0.2, -0.15) is 0 Å². The number of rotatable bonds is 5.